The number of anilines is 1. The van der Waals surface area contributed by atoms with Crippen LogP contribution < -0.4 is 10.2 Å². The number of nitrogens with zero attached hydrogens (tertiary/aromatic N) is 1. The smallest absolute Gasteiger partial charge is 0.227 e. The molecule has 0 aliphatic carbocycles. The summed E-state index contributed by atoms with van der Waals surface area (Å²) < 4.78 is 0. The Kier molecular flexibility index (Phi) is 5.16. The van der Waals surface area contributed by atoms with Gasteiger partial charge in [0.15, 0.2) is 0 Å². The maximum Gasteiger partial charge on any atom is 0.227 e. The summed E-state index contributed by atoms with van der Waals surface area (Å²) in [4.78, 5) is 25.4. The highest BCUT2D eigenvalue weighted by Crippen LogP contribution is 2.26. The fraction of sp³-hybridized carbons (Fsp3) is 0.500. The van der Waals surface area contributed by atoms with Crippen molar-refractivity contribution in [3.05, 3.63) is 29.8 Å². The Labute approximate surface area is 120 Å². The van der Waals surface area contributed by atoms with Gasteiger partial charge in [0.25, 0.3) is 0 Å². The minimum Gasteiger partial charge on any atom is -0.354 e. The van der Waals surface area contributed by atoms with E-state index in [9.17, 15) is 9.59 Å². The zero-order valence-corrected chi connectivity index (χ0v) is 12.0. The van der Waals surface area contributed by atoms with E-state index in [1.54, 1.807) is 4.90 Å². The highest BCUT2D eigenvalue weighted by molar-refractivity contribution is 5.96. The monoisotopic (exact) mass is 274 g/mol. The van der Waals surface area contributed by atoms with Crippen LogP contribution in [0.3, 0.4) is 0 Å². The molecule has 0 atom stereocenters. The number of hydrogen-bond donors (Lipinski definition) is 1. The molecule has 1 aliphatic rings. The van der Waals surface area contributed by atoms with Gasteiger partial charge in [0.2, 0.25) is 11.8 Å². The summed E-state index contributed by atoms with van der Waals surface area (Å²) >= 11 is 0. The van der Waals surface area contributed by atoms with Crippen molar-refractivity contribution in [3.63, 3.8) is 0 Å². The molecule has 1 heterocycles. The molecule has 20 heavy (non-hydrogen) atoms. The average molecular weight is 274 g/mol. The molecule has 0 aromatic heterocycles. The van der Waals surface area contributed by atoms with Crippen LogP contribution in [0.15, 0.2) is 24.3 Å². The molecule has 1 aromatic carbocycles. The number of aryl methyl sites for hydroxylation is 1. The second kappa shape index (κ2) is 7.08. The minimum atomic E-state index is 0.0737. The lowest BCUT2D eigenvalue weighted by Gasteiger charge is -2.29. The van der Waals surface area contributed by atoms with Gasteiger partial charge in [-0.15, -0.1) is 0 Å². The van der Waals surface area contributed by atoms with E-state index in [0.717, 1.165) is 24.9 Å². The highest BCUT2D eigenvalue weighted by atomic mass is 16.2. The maximum atomic E-state index is 12.0. The molecule has 0 radical (unpaired) electrons. The van der Waals surface area contributed by atoms with Crippen molar-refractivity contribution in [1.82, 2.24) is 5.32 Å². The number of fused-ring (bicyclic) bond motifs is 1. The van der Waals surface area contributed by atoms with Crippen molar-refractivity contribution < 1.29 is 9.59 Å². The summed E-state index contributed by atoms with van der Waals surface area (Å²) in [7, 11) is 0. The van der Waals surface area contributed by atoms with E-state index < -0.39 is 0 Å². The van der Waals surface area contributed by atoms with Gasteiger partial charge >= 0.3 is 0 Å². The molecule has 0 unspecified atom stereocenters. The first kappa shape index (κ1) is 14.6. The molecule has 1 N–H and O–H groups in total. The number of carbonyl (C=O) groups excluding carboxylic acids is 2. The van der Waals surface area contributed by atoms with Crippen LogP contribution in [-0.2, 0) is 16.0 Å². The Morgan fingerprint density at radius 3 is 2.90 bits per heavy atom. The molecular formula is C16H22N2O2. The van der Waals surface area contributed by atoms with Gasteiger partial charge in [0.1, 0.15) is 0 Å². The van der Waals surface area contributed by atoms with Crippen molar-refractivity contribution in [1.29, 1.82) is 0 Å². The Morgan fingerprint density at radius 2 is 2.10 bits per heavy atom. The number of hydrogen-bond acceptors (Lipinski definition) is 2. The van der Waals surface area contributed by atoms with E-state index >= 15 is 0 Å². The minimum absolute atomic E-state index is 0.0737. The first-order chi connectivity index (χ1) is 9.72. The van der Waals surface area contributed by atoms with Gasteiger partial charge < -0.3 is 10.2 Å². The van der Waals surface area contributed by atoms with Crippen molar-refractivity contribution in [2.45, 2.75) is 39.0 Å². The molecule has 0 bridgehead atoms. The Morgan fingerprint density at radius 1 is 1.30 bits per heavy atom. The molecule has 0 fully saturated rings. The van der Waals surface area contributed by atoms with Crippen LogP contribution >= 0.6 is 0 Å². The largest absolute Gasteiger partial charge is 0.354 e. The summed E-state index contributed by atoms with van der Waals surface area (Å²) in [5.41, 5.74) is 2.20. The van der Waals surface area contributed by atoms with Crippen LogP contribution in [0, 0.1) is 0 Å². The molecule has 4 heteroatoms. The standard InChI is InChI=1S/C16H22N2O2/c1-2-3-8-15(19)17-11-12-18-14-7-5-4-6-13(14)9-10-16(18)20/h4-7H,2-3,8-12H2,1H3,(H,17,19). The summed E-state index contributed by atoms with van der Waals surface area (Å²) in [5.74, 6) is 0.219. The molecule has 0 saturated carbocycles. The number of amides is 2. The summed E-state index contributed by atoms with van der Waals surface area (Å²) in [5, 5.41) is 2.88. The van der Waals surface area contributed by atoms with Gasteiger partial charge in [0, 0.05) is 31.6 Å². The average Bonchev–Trinajstić information content (AvgIpc) is 2.47. The molecule has 1 aromatic rings. The summed E-state index contributed by atoms with van der Waals surface area (Å²) in [6.07, 6.45) is 3.87. The fourth-order valence-electron chi connectivity index (χ4n) is 2.47. The van der Waals surface area contributed by atoms with Crippen molar-refractivity contribution >= 4 is 17.5 Å². The third-order valence-electron chi connectivity index (χ3n) is 3.61. The lowest BCUT2D eigenvalue weighted by atomic mass is 10.0. The molecule has 108 valence electrons. The second-order valence-corrected chi connectivity index (χ2v) is 5.13. The van der Waals surface area contributed by atoms with E-state index in [-0.39, 0.29) is 11.8 Å². The molecule has 2 rings (SSSR count). The van der Waals surface area contributed by atoms with Crippen LogP contribution in [0.1, 0.15) is 38.2 Å². The van der Waals surface area contributed by atoms with Crippen LogP contribution in [0.2, 0.25) is 0 Å². The SMILES string of the molecule is CCCCC(=O)NCCN1C(=O)CCc2ccccc21. The van der Waals surface area contributed by atoms with Gasteiger partial charge in [-0.05, 0) is 24.5 Å². The highest BCUT2D eigenvalue weighted by Gasteiger charge is 2.23. The maximum absolute atomic E-state index is 12.0. The lowest BCUT2D eigenvalue weighted by Crippen LogP contribution is -2.41. The van der Waals surface area contributed by atoms with Crippen LogP contribution in [0.5, 0.6) is 0 Å². The first-order valence-electron chi connectivity index (χ1n) is 7.37. The predicted octanol–water partition coefficient (Wildman–Crippen LogP) is 2.27. The van der Waals surface area contributed by atoms with Gasteiger partial charge in [-0.1, -0.05) is 31.5 Å². The number of nitrogens with one attached hydrogen (secondary N) is 1. The second-order valence-electron chi connectivity index (χ2n) is 5.13. The molecular weight excluding hydrogens is 252 g/mol. The topological polar surface area (TPSA) is 49.4 Å². The number of benzene rings is 1. The fourth-order valence-corrected chi connectivity index (χ4v) is 2.47. The quantitative estimate of drug-likeness (QED) is 0.865. The third kappa shape index (κ3) is 3.59. The van der Waals surface area contributed by atoms with Gasteiger partial charge in [0.05, 0.1) is 0 Å². The number of carbonyl (C=O) groups is 2. The van der Waals surface area contributed by atoms with E-state index in [1.165, 1.54) is 5.56 Å². The summed E-state index contributed by atoms with van der Waals surface area (Å²) in [6.45, 7) is 3.13. The molecule has 0 saturated heterocycles. The normalized spacial score (nSPS) is 14.1. The van der Waals surface area contributed by atoms with Crippen molar-refractivity contribution in [2.24, 2.45) is 0 Å². The van der Waals surface area contributed by atoms with Crippen LogP contribution in [0.4, 0.5) is 5.69 Å². The van der Waals surface area contributed by atoms with E-state index in [4.69, 9.17) is 0 Å². The van der Waals surface area contributed by atoms with Gasteiger partial charge in [-0.2, -0.15) is 0 Å². The zero-order valence-electron chi connectivity index (χ0n) is 12.0. The number of rotatable bonds is 6. The summed E-state index contributed by atoms with van der Waals surface area (Å²) in [6, 6.07) is 7.99. The molecule has 1 aliphatic heterocycles. The number of para-hydroxylation sites is 1. The zero-order chi connectivity index (χ0) is 14.4. The Hall–Kier alpha value is -1.84. The number of unbranched alkanes of at least 4 members (excludes halogenated alkanes) is 1. The third-order valence-corrected chi connectivity index (χ3v) is 3.61. The lowest BCUT2D eigenvalue weighted by molar-refractivity contribution is -0.122. The van der Waals surface area contributed by atoms with Gasteiger partial charge in [-0.25, -0.2) is 0 Å². The first-order valence-corrected chi connectivity index (χ1v) is 7.37. The predicted molar refractivity (Wildman–Crippen MR) is 79.7 cm³/mol. The van der Waals surface area contributed by atoms with E-state index in [1.807, 2.05) is 18.2 Å². The van der Waals surface area contributed by atoms with E-state index in [2.05, 4.69) is 18.3 Å². The van der Waals surface area contributed by atoms with Gasteiger partial charge in [-0.3, -0.25) is 9.59 Å². The molecule has 0 spiro atoms. The van der Waals surface area contributed by atoms with Crippen molar-refractivity contribution in [2.75, 3.05) is 18.0 Å². The Bertz CT molecular complexity index is 485. The van der Waals surface area contributed by atoms with Crippen LogP contribution in [0.25, 0.3) is 0 Å². The van der Waals surface area contributed by atoms with E-state index in [0.29, 0.717) is 25.9 Å². The molecule has 4 nitrogen and oxygen atoms in total. The Balaban J connectivity index is 1.89. The van der Waals surface area contributed by atoms with Crippen LogP contribution in [-0.4, -0.2) is 24.9 Å². The van der Waals surface area contributed by atoms with Crippen molar-refractivity contribution in [3.8, 4) is 0 Å². The molecule has 2 amide bonds.